The van der Waals surface area contributed by atoms with Crippen molar-refractivity contribution in [1.29, 1.82) is 0 Å². The van der Waals surface area contributed by atoms with E-state index in [1.165, 1.54) is 12.1 Å². The van der Waals surface area contributed by atoms with Crippen molar-refractivity contribution in [1.82, 2.24) is 0 Å². The fourth-order valence-electron chi connectivity index (χ4n) is 1.21. The first-order valence-electron chi connectivity index (χ1n) is 4.41. The van der Waals surface area contributed by atoms with Crippen LogP contribution in [0, 0.1) is 10.1 Å². The molecule has 80 valence electrons. The minimum absolute atomic E-state index is 0.0211. The number of rotatable bonds is 3. The molecule has 1 aromatic rings. The third-order valence-corrected chi connectivity index (χ3v) is 1.91. The summed E-state index contributed by atoms with van der Waals surface area (Å²) in [4.78, 5) is 13.9. The van der Waals surface area contributed by atoms with Gasteiger partial charge in [-0.05, 0) is 12.0 Å². The molecule has 0 radical (unpaired) electrons. The Labute approximate surface area is 86.8 Å². The highest BCUT2D eigenvalue weighted by atomic mass is 16.6. The summed E-state index contributed by atoms with van der Waals surface area (Å²) in [5.41, 5.74) is 11.8. The summed E-state index contributed by atoms with van der Waals surface area (Å²) in [7, 11) is 0. The van der Waals surface area contributed by atoms with Crippen molar-refractivity contribution in [2.75, 3.05) is 0 Å². The highest BCUT2D eigenvalue weighted by Crippen LogP contribution is 2.25. The Balaban J connectivity index is 3.25. The molecular formula is C9H12N4O2. The molecule has 6 heteroatoms. The first-order chi connectivity index (χ1) is 7.04. The van der Waals surface area contributed by atoms with Crippen molar-refractivity contribution < 1.29 is 4.92 Å². The third kappa shape index (κ3) is 2.67. The predicted molar refractivity (Wildman–Crippen MR) is 57.9 cm³/mol. The van der Waals surface area contributed by atoms with Crippen LogP contribution in [0.2, 0.25) is 0 Å². The topological polar surface area (TPSA) is 108 Å². The van der Waals surface area contributed by atoms with Gasteiger partial charge in [-0.2, -0.15) is 0 Å². The van der Waals surface area contributed by atoms with E-state index in [2.05, 4.69) is 4.99 Å². The quantitative estimate of drug-likeness (QED) is 0.335. The molecule has 1 rings (SSSR count). The maximum absolute atomic E-state index is 10.5. The number of guanidine groups is 1. The number of non-ortho nitro benzene ring substituents is 1. The predicted octanol–water partition coefficient (Wildman–Crippen LogP) is 1.06. The second-order valence-corrected chi connectivity index (χ2v) is 2.96. The average Bonchev–Trinajstić information content (AvgIpc) is 2.16. The lowest BCUT2D eigenvalue weighted by molar-refractivity contribution is -0.384. The zero-order valence-electron chi connectivity index (χ0n) is 8.30. The Morgan fingerprint density at radius 3 is 2.67 bits per heavy atom. The summed E-state index contributed by atoms with van der Waals surface area (Å²) in [5.74, 6) is -0.106. The van der Waals surface area contributed by atoms with Crippen molar-refractivity contribution in [3.8, 4) is 0 Å². The second kappa shape index (κ2) is 4.41. The van der Waals surface area contributed by atoms with E-state index >= 15 is 0 Å². The molecule has 0 unspecified atom stereocenters. The number of hydrogen-bond donors (Lipinski definition) is 2. The minimum Gasteiger partial charge on any atom is -0.370 e. The number of nitrogens with two attached hydrogens (primary N) is 2. The highest BCUT2D eigenvalue weighted by Gasteiger charge is 2.09. The first-order valence-corrected chi connectivity index (χ1v) is 4.41. The van der Waals surface area contributed by atoms with Crippen LogP contribution in [0.5, 0.6) is 0 Å². The standard InChI is InChI=1S/C9H12N4O2/c1-2-6-3-4-7(13(14)15)5-8(6)12-9(10)11/h3-5H,2H2,1H3,(H4,10,11,12). The van der Waals surface area contributed by atoms with Crippen LogP contribution in [0.25, 0.3) is 0 Å². The molecule has 1 aromatic carbocycles. The van der Waals surface area contributed by atoms with E-state index in [-0.39, 0.29) is 11.6 Å². The monoisotopic (exact) mass is 208 g/mol. The van der Waals surface area contributed by atoms with Gasteiger partial charge >= 0.3 is 0 Å². The van der Waals surface area contributed by atoms with E-state index in [0.717, 1.165) is 5.56 Å². The molecule has 6 nitrogen and oxygen atoms in total. The van der Waals surface area contributed by atoms with Gasteiger partial charge in [-0.1, -0.05) is 13.0 Å². The van der Waals surface area contributed by atoms with Gasteiger partial charge in [0.1, 0.15) is 0 Å². The largest absolute Gasteiger partial charge is 0.370 e. The van der Waals surface area contributed by atoms with E-state index in [9.17, 15) is 10.1 Å². The highest BCUT2D eigenvalue weighted by molar-refractivity contribution is 5.80. The Hall–Kier alpha value is -2.11. The van der Waals surface area contributed by atoms with Gasteiger partial charge < -0.3 is 11.5 Å². The van der Waals surface area contributed by atoms with E-state index < -0.39 is 4.92 Å². The molecule has 0 atom stereocenters. The number of nitro benzene ring substituents is 1. The molecule has 0 aliphatic heterocycles. The zero-order chi connectivity index (χ0) is 11.4. The summed E-state index contributed by atoms with van der Waals surface area (Å²) < 4.78 is 0. The lowest BCUT2D eigenvalue weighted by Crippen LogP contribution is -2.22. The number of nitro groups is 1. The molecule has 0 saturated heterocycles. The Morgan fingerprint density at radius 2 is 2.20 bits per heavy atom. The number of hydrogen-bond acceptors (Lipinski definition) is 3. The van der Waals surface area contributed by atoms with Gasteiger partial charge in [-0.3, -0.25) is 10.1 Å². The average molecular weight is 208 g/mol. The summed E-state index contributed by atoms with van der Waals surface area (Å²) in [6.07, 6.45) is 0.712. The summed E-state index contributed by atoms with van der Waals surface area (Å²) in [6, 6.07) is 4.45. The molecule has 0 saturated carbocycles. The van der Waals surface area contributed by atoms with Crippen LogP contribution < -0.4 is 11.5 Å². The van der Waals surface area contributed by atoms with Gasteiger partial charge in [0, 0.05) is 12.1 Å². The molecule has 0 heterocycles. The van der Waals surface area contributed by atoms with Crippen LogP contribution in [0.3, 0.4) is 0 Å². The third-order valence-electron chi connectivity index (χ3n) is 1.91. The van der Waals surface area contributed by atoms with Crippen molar-refractivity contribution in [3.63, 3.8) is 0 Å². The number of nitrogens with zero attached hydrogens (tertiary/aromatic N) is 2. The molecule has 0 fully saturated rings. The molecule has 0 amide bonds. The SMILES string of the molecule is CCc1ccc([N+](=O)[O-])cc1N=C(N)N. The Morgan fingerprint density at radius 1 is 1.53 bits per heavy atom. The van der Waals surface area contributed by atoms with Crippen LogP contribution >= 0.6 is 0 Å². The molecular weight excluding hydrogens is 196 g/mol. The lowest BCUT2D eigenvalue weighted by atomic mass is 10.1. The van der Waals surface area contributed by atoms with Gasteiger partial charge in [0.05, 0.1) is 10.6 Å². The smallest absolute Gasteiger partial charge is 0.271 e. The molecule has 0 bridgehead atoms. The first kappa shape index (κ1) is 11.0. The van der Waals surface area contributed by atoms with Crippen LogP contribution in [0.15, 0.2) is 23.2 Å². The molecule has 0 spiro atoms. The van der Waals surface area contributed by atoms with Gasteiger partial charge in [0.2, 0.25) is 0 Å². The fraction of sp³-hybridized carbons (Fsp3) is 0.222. The maximum Gasteiger partial charge on any atom is 0.271 e. The van der Waals surface area contributed by atoms with Crippen molar-refractivity contribution in [2.45, 2.75) is 13.3 Å². The maximum atomic E-state index is 10.5. The molecule has 0 aliphatic rings. The molecule has 0 aromatic heterocycles. The molecule has 4 N–H and O–H groups in total. The van der Waals surface area contributed by atoms with E-state index in [1.54, 1.807) is 6.07 Å². The van der Waals surface area contributed by atoms with E-state index in [1.807, 2.05) is 6.92 Å². The normalized spacial score (nSPS) is 9.67. The van der Waals surface area contributed by atoms with Crippen LogP contribution in [-0.2, 0) is 6.42 Å². The van der Waals surface area contributed by atoms with Crippen LogP contribution in [0.1, 0.15) is 12.5 Å². The van der Waals surface area contributed by atoms with E-state index in [4.69, 9.17) is 11.5 Å². The Bertz CT molecular complexity index is 411. The number of benzene rings is 1. The lowest BCUT2D eigenvalue weighted by Gasteiger charge is -2.02. The zero-order valence-corrected chi connectivity index (χ0v) is 8.30. The van der Waals surface area contributed by atoms with Crippen molar-refractivity contribution in [2.24, 2.45) is 16.5 Å². The summed E-state index contributed by atoms with van der Waals surface area (Å²) >= 11 is 0. The molecule has 0 aliphatic carbocycles. The summed E-state index contributed by atoms with van der Waals surface area (Å²) in [5, 5.41) is 10.5. The molecule has 15 heavy (non-hydrogen) atoms. The minimum atomic E-state index is -0.481. The van der Waals surface area contributed by atoms with Gasteiger partial charge in [-0.25, -0.2) is 4.99 Å². The van der Waals surface area contributed by atoms with Gasteiger partial charge in [-0.15, -0.1) is 0 Å². The number of aryl methyl sites for hydroxylation is 1. The van der Waals surface area contributed by atoms with Crippen molar-refractivity contribution in [3.05, 3.63) is 33.9 Å². The fourth-order valence-corrected chi connectivity index (χ4v) is 1.21. The van der Waals surface area contributed by atoms with Crippen LogP contribution in [-0.4, -0.2) is 10.9 Å². The van der Waals surface area contributed by atoms with Crippen LogP contribution in [0.4, 0.5) is 11.4 Å². The summed E-state index contributed by atoms with van der Waals surface area (Å²) in [6.45, 7) is 1.92. The second-order valence-electron chi connectivity index (χ2n) is 2.96. The number of aliphatic imine (C=N–C) groups is 1. The van der Waals surface area contributed by atoms with Gasteiger partial charge in [0.25, 0.3) is 5.69 Å². The van der Waals surface area contributed by atoms with Crippen molar-refractivity contribution >= 4 is 17.3 Å². The van der Waals surface area contributed by atoms with Gasteiger partial charge in [0.15, 0.2) is 5.96 Å². The Kier molecular flexibility index (Phi) is 3.22. The van der Waals surface area contributed by atoms with E-state index in [0.29, 0.717) is 12.1 Å².